The van der Waals surface area contributed by atoms with Crippen molar-refractivity contribution in [3.05, 3.63) is 35.4 Å². The maximum absolute atomic E-state index is 12.7. The van der Waals surface area contributed by atoms with Gasteiger partial charge in [-0.15, -0.1) is 0 Å². The summed E-state index contributed by atoms with van der Waals surface area (Å²) in [4.78, 5) is 0. The van der Waals surface area contributed by atoms with Crippen LogP contribution in [0.5, 0.6) is 0 Å². The minimum atomic E-state index is -4.30. The number of halogens is 3. The molecule has 0 amide bonds. The zero-order valence-corrected chi connectivity index (χ0v) is 15.4. The molecule has 1 aromatic rings. The first-order valence-corrected chi connectivity index (χ1v) is 9.35. The molecule has 0 N–H and O–H groups in total. The molecule has 7 heteroatoms. The van der Waals surface area contributed by atoms with E-state index in [9.17, 15) is 13.2 Å². The van der Waals surface area contributed by atoms with Crippen LogP contribution in [0.2, 0.25) is 6.04 Å². The Morgan fingerprint density at radius 3 is 2.17 bits per heavy atom. The first kappa shape index (κ1) is 20.2. The third kappa shape index (κ3) is 8.50. The number of aryl methyl sites for hydroxylation is 1. The number of hydrogen-bond acceptors (Lipinski definition) is 3. The minimum absolute atomic E-state index is 0.0174. The van der Waals surface area contributed by atoms with Gasteiger partial charge in [0, 0.05) is 0 Å². The first-order valence-electron chi connectivity index (χ1n) is 7.77. The predicted molar refractivity (Wildman–Crippen MR) is 85.8 cm³/mol. The van der Waals surface area contributed by atoms with Crippen molar-refractivity contribution in [3.8, 4) is 0 Å². The van der Waals surface area contributed by atoms with Crippen LogP contribution in [0.3, 0.4) is 0 Å². The molecule has 1 rings (SSSR count). The molecule has 0 heterocycles. The van der Waals surface area contributed by atoms with Crippen molar-refractivity contribution in [2.45, 2.75) is 65.0 Å². The van der Waals surface area contributed by atoms with Crippen LogP contribution >= 0.6 is 0 Å². The summed E-state index contributed by atoms with van der Waals surface area (Å²) in [6.45, 7) is 6.88. The molecule has 0 fully saturated rings. The van der Waals surface area contributed by atoms with Crippen LogP contribution in [0, 0.1) is 0 Å². The molecule has 0 aliphatic carbocycles. The van der Waals surface area contributed by atoms with Gasteiger partial charge in [0.25, 0.3) is 6.48 Å². The normalized spacial score (nSPS) is 13.1. The highest BCUT2D eigenvalue weighted by Gasteiger charge is 2.30. The maximum Gasteiger partial charge on any atom is 0.416 e. The van der Waals surface area contributed by atoms with E-state index >= 15 is 0 Å². The van der Waals surface area contributed by atoms with Crippen LogP contribution in [-0.2, 0) is 26.5 Å². The number of alkyl halides is 3. The highest BCUT2D eigenvalue weighted by atomic mass is 28.2. The van der Waals surface area contributed by atoms with E-state index in [0.29, 0.717) is 12.0 Å². The second kappa shape index (κ2) is 9.41. The highest BCUT2D eigenvalue weighted by molar-refractivity contribution is 6.27. The average Bonchev–Trinajstić information content (AvgIpc) is 2.41. The fraction of sp³-hybridized carbons (Fsp3) is 0.625. The average molecular weight is 350 g/mol. The molecule has 0 atom stereocenters. The Morgan fingerprint density at radius 2 is 1.65 bits per heavy atom. The zero-order chi connectivity index (χ0) is 17.5. The summed E-state index contributed by atoms with van der Waals surface area (Å²) in [6, 6.07) is 6.14. The van der Waals surface area contributed by atoms with Crippen LogP contribution in [0.15, 0.2) is 24.3 Å². The van der Waals surface area contributed by atoms with Crippen molar-refractivity contribution in [3.63, 3.8) is 0 Å². The lowest BCUT2D eigenvalue weighted by atomic mass is 10.1. The monoisotopic (exact) mass is 350 g/mol. The highest BCUT2D eigenvalue weighted by Crippen LogP contribution is 2.29. The SMILES string of the molecule is CC(C)OC(O[SiH2]CCc1cccc(C(F)(F)F)c1)OC(C)C. The smallest absolute Gasteiger partial charge is 0.379 e. The van der Waals surface area contributed by atoms with E-state index < -0.39 is 28.0 Å². The quantitative estimate of drug-likeness (QED) is 0.384. The summed E-state index contributed by atoms with van der Waals surface area (Å²) in [6.07, 6.45) is -3.77. The van der Waals surface area contributed by atoms with Gasteiger partial charge in [-0.25, -0.2) is 0 Å². The van der Waals surface area contributed by atoms with Crippen LogP contribution in [0.1, 0.15) is 38.8 Å². The van der Waals surface area contributed by atoms with Crippen molar-refractivity contribution < 1.29 is 27.1 Å². The lowest BCUT2D eigenvalue weighted by Crippen LogP contribution is -2.28. The Bertz CT molecular complexity index is 454. The van der Waals surface area contributed by atoms with Gasteiger partial charge in [0.1, 0.15) is 0 Å². The van der Waals surface area contributed by atoms with E-state index in [1.165, 1.54) is 12.1 Å². The van der Waals surface area contributed by atoms with Crippen molar-refractivity contribution in [2.24, 2.45) is 0 Å². The fourth-order valence-electron chi connectivity index (χ4n) is 1.91. The summed E-state index contributed by atoms with van der Waals surface area (Å²) in [5.41, 5.74) is 0.0591. The van der Waals surface area contributed by atoms with Crippen LogP contribution in [0.25, 0.3) is 0 Å². The number of ether oxygens (including phenoxy) is 2. The topological polar surface area (TPSA) is 27.7 Å². The van der Waals surface area contributed by atoms with E-state index in [0.717, 1.165) is 12.1 Å². The van der Waals surface area contributed by atoms with Gasteiger partial charge >= 0.3 is 6.18 Å². The van der Waals surface area contributed by atoms with Crippen LogP contribution in [0.4, 0.5) is 13.2 Å². The number of benzene rings is 1. The van der Waals surface area contributed by atoms with Crippen molar-refractivity contribution in [2.75, 3.05) is 0 Å². The molecular formula is C16H25F3O3Si. The van der Waals surface area contributed by atoms with E-state index in [-0.39, 0.29) is 12.2 Å². The van der Waals surface area contributed by atoms with Gasteiger partial charge in [0.2, 0.25) is 0 Å². The second-order valence-electron chi connectivity index (χ2n) is 5.83. The molecule has 0 radical (unpaired) electrons. The number of hydrogen-bond donors (Lipinski definition) is 0. The molecule has 0 saturated heterocycles. The first-order chi connectivity index (χ1) is 10.7. The van der Waals surface area contributed by atoms with Crippen LogP contribution < -0.4 is 0 Å². The van der Waals surface area contributed by atoms with Crippen LogP contribution in [-0.4, -0.2) is 28.4 Å². The lowest BCUT2D eigenvalue weighted by Gasteiger charge is -2.23. The summed E-state index contributed by atoms with van der Waals surface area (Å²) >= 11 is 0. The van der Waals surface area contributed by atoms with Gasteiger partial charge in [-0.2, -0.15) is 13.2 Å². The third-order valence-electron chi connectivity index (χ3n) is 2.88. The number of rotatable bonds is 9. The Hall–Kier alpha value is -0.893. The molecule has 0 aliphatic rings. The van der Waals surface area contributed by atoms with E-state index in [1.807, 2.05) is 27.7 Å². The zero-order valence-electron chi connectivity index (χ0n) is 14.0. The molecule has 0 unspecified atom stereocenters. The predicted octanol–water partition coefficient (Wildman–Crippen LogP) is 3.90. The lowest BCUT2D eigenvalue weighted by molar-refractivity contribution is -0.275. The molecule has 1 aromatic carbocycles. The fourth-order valence-corrected chi connectivity index (χ4v) is 2.98. The molecule has 23 heavy (non-hydrogen) atoms. The van der Waals surface area contributed by atoms with Gasteiger partial charge in [-0.1, -0.05) is 18.2 Å². The van der Waals surface area contributed by atoms with Gasteiger partial charge in [-0.05, 0) is 51.8 Å². The molecular weight excluding hydrogens is 325 g/mol. The Morgan fingerprint density at radius 1 is 1.04 bits per heavy atom. The van der Waals surface area contributed by atoms with Gasteiger partial charge in [-0.3, -0.25) is 0 Å². The van der Waals surface area contributed by atoms with E-state index in [1.54, 1.807) is 6.07 Å². The van der Waals surface area contributed by atoms with Gasteiger partial charge in [0.05, 0.1) is 17.8 Å². The van der Waals surface area contributed by atoms with E-state index in [2.05, 4.69) is 0 Å². The molecule has 0 aliphatic heterocycles. The molecule has 3 nitrogen and oxygen atoms in total. The molecule has 0 spiro atoms. The summed E-state index contributed by atoms with van der Waals surface area (Å²) < 4.78 is 54.7. The maximum atomic E-state index is 12.7. The molecule has 132 valence electrons. The van der Waals surface area contributed by atoms with Gasteiger partial charge in [0.15, 0.2) is 9.76 Å². The van der Waals surface area contributed by atoms with E-state index in [4.69, 9.17) is 13.9 Å². The standard InChI is InChI=1S/C16H25F3O3Si/c1-11(2)20-15(21-12(3)4)22-23-9-8-13-6-5-7-14(10-13)16(17,18)19/h5-7,10-12,15H,8-9,23H2,1-4H3. The van der Waals surface area contributed by atoms with Crippen molar-refractivity contribution in [1.82, 2.24) is 0 Å². The molecule has 0 aromatic heterocycles. The third-order valence-corrected chi connectivity index (χ3v) is 4.03. The molecule has 0 bridgehead atoms. The summed E-state index contributed by atoms with van der Waals surface area (Å²) in [7, 11) is -0.944. The van der Waals surface area contributed by atoms with Crippen molar-refractivity contribution >= 4 is 9.76 Å². The Labute approximate surface area is 138 Å². The van der Waals surface area contributed by atoms with Gasteiger partial charge < -0.3 is 13.9 Å². The van der Waals surface area contributed by atoms with Crippen molar-refractivity contribution in [1.29, 1.82) is 0 Å². The minimum Gasteiger partial charge on any atom is -0.379 e. The largest absolute Gasteiger partial charge is 0.416 e. The summed E-state index contributed by atoms with van der Waals surface area (Å²) in [5.74, 6) is 0. The second-order valence-corrected chi connectivity index (χ2v) is 7.28. The Balaban J connectivity index is 2.43. The summed E-state index contributed by atoms with van der Waals surface area (Å²) in [5, 5.41) is 0. The molecule has 0 saturated carbocycles. The Kier molecular flexibility index (Phi) is 8.25.